The summed E-state index contributed by atoms with van der Waals surface area (Å²) in [6.45, 7) is 0. The molecule has 0 aromatic rings. The predicted molar refractivity (Wildman–Crippen MR) is 41.7 cm³/mol. The van der Waals surface area contributed by atoms with Crippen LogP contribution in [0, 0.1) is 22.7 Å². The molecule has 0 saturated carbocycles. The van der Waals surface area contributed by atoms with E-state index in [1.165, 1.54) is 0 Å². The molecular weight excluding hydrogens is 160 g/mol. The molecule has 0 aromatic carbocycles. The average Bonchev–Trinajstić information content (AvgIpc) is 2.06. The highest BCUT2D eigenvalue weighted by Gasteiger charge is 2.24. The van der Waals surface area contributed by atoms with E-state index in [1.54, 1.807) is 18.2 Å². The van der Waals surface area contributed by atoms with Crippen molar-refractivity contribution in [2.24, 2.45) is 0 Å². The molecule has 1 aliphatic rings. The van der Waals surface area contributed by atoms with Crippen molar-refractivity contribution in [1.82, 2.24) is 0 Å². The smallest absolute Gasteiger partial charge is 0.152 e. The van der Waals surface area contributed by atoms with Crippen LogP contribution in [-0.4, -0.2) is 4.87 Å². The zero-order valence-electron chi connectivity index (χ0n) is 5.71. The second kappa shape index (κ2) is 2.78. The Balaban J connectivity index is 2.83. The zero-order valence-corrected chi connectivity index (χ0v) is 6.47. The molecule has 3 heteroatoms. The van der Waals surface area contributed by atoms with Gasteiger partial charge in [-0.2, -0.15) is 10.5 Å². The Bertz CT molecular complexity index is 303. The SMILES string of the molecule is N#CC1=CCC(Cl)(C#N)C=C1. The molecule has 0 radical (unpaired) electrons. The molecule has 0 heterocycles. The summed E-state index contributed by atoms with van der Waals surface area (Å²) in [6.07, 6.45) is 5.19. The largest absolute Gasteiger partial charge is 0.196 e. The third kappa shape index (κ3) is 1.61. The predicted octanol–water partition coefficient (Wildman–Crippen LogP) is 1.90. The second-order valence-electron chi connectivity index (χ2n) is 2.28. The maximum Gasteiger partial charge on any atom is 0.152 e. The maximum atomic E-state index is 8.56. The van der Waals surface area contributed by atoms with E-state index in [4.69, 9.17) is 22.1 Å². The van der Waals surface area contributed by atoms with Crippen molar-refractivity contribution in [3.8, 4) is 12.1 Å². The van der Waals surface area contributed by atoms with Crippen LogP contribution in [0.15, 0.2) is 23.8 Å². The quantitative estimate of drug-likeness (QED) is 0.514. The van der Waals surface area contributed by atoms with Gasteiger partial charge >= 0.3 is 0 Å². The maximum absolute atomic E-state index is 8.56. The van der Waals surface area contributed by atoms with Crippen LogP contribution in [0.5, 0.6) is 0 Å². The number of nitrogens with zero attached hydrogens (tertiary/aromatic N) is 2. The van der Waals surface area contributed by atoms with Crippen LogP contribution < -0.4 is 0 Å². The molecule has 0 bridgehead atoms. The summed E-state index contributed by atoms with van der Waals surface area (Å²) < 4.78 is 0. The van der Waals surface area contributed by atoms with E-state index < -0.39 is 4.87 Å². The van der Waals surface area contributed by atoms with Gasteiger partial charge in [-0.3, -0.25) is 0 Å². The first-order valence-electron chi connectivity index (χ1n) is 3.10. The van der Waals surface area contributed by atoms with Gasteiger partial charge in [0.2, 0.25) is 0 Å². The van der Waals surface area contributed by atoms with Gasteiger partial charge in [0.15, 0.2) is 4.87 Å². The van der Waals surface area contributed by atoms with Crippen molar-refractivity contribution in [2.45, 2.75) is 11.3 Å². The Hall–Kier alpha value is -1.25. The average molecular weight is 165 g/mol. The van der Waals surface area contributed by atoms with Gasteiger partial charge < -0.3 is 0 Å². The first-order valence-corrected chi connectivity index (χ1v) is 3.48. The summed E-state index contributed by atoms with van der Waals surface area (Å²) in [6, 6.07) is 3.92. The lowest BCUT2D eigenvalue weighted by molar-refractivity contribution is 0.876. The topological polar surface area (TPSA) is 47.6 Å². The summed E-state index contributed by atoms with van der Waals surface area (Å²) in [5, 5.41) is 17.0. The highest BCUT2D eigenvalue weighted by Crippen LogP contribution is 2.26. The summed E-state index contributed by atoms with van der Waals surface area (Å²) in [5.41, 5.74) is 0.566. The Morgan fingerprint density at radius 1 is 1.55 bits per heavy atom. The van der Waals surface area contributed by atoms with Crippen molar-refractivity contribution in [3.05, 3.63) is 23.8 Å². The fourth-order valence-corrected chi connectivity index (χ4v) is 0.922. The van der Waals surface area contributed by atoms with Crippen molar-refractivity contribution in [1.29, 1.82) is 10.5 Å². The molecular formula is C8H5ClN2. The van der Waals surface area contributed by atoms with Crippen molar-refractivity contribution >= 4 is 11.6 Å². The van der Waals surface area contributed by atoms with E-state index >= 15 is 0 Å². The normalized spacial score (nSPS) is 28.5. The first-order chi connectivity index (χ1) is 5.20. The number of hydrogen-bond donors (Lipinski definition) is 0. The lowest BCUT2D eigenvalue weighted by Crippen LogP contribution is -2.16. The van der Waals surface area contributed by atoms with E-state index in [0.29, 0.717) is 12.0 Å². The third-order valence-electron chi connectivity index (χ3n) is 1.46. The summed E-state index contributed by atoms with van der Waals surface area (Å²) in [7, 11) is 0. The molecule has 1 rings (SSSR count). The fraction of sp³-hybridized carbons (Fsp3) is 0.250. The van der Waals surface area contributed by atoms with Gasteiger partial charge in [-0.05, 0) is 12.2 Å². The molecule has 1 unspecified atom stereocenters. The Kier molecular flexibility index (Phi) is 1.98. The van der Waals surface area contributed by atoms with E-state index in [0.717, 1.165) is 0 Å². The van der Waals surface area contributed by atoms with E-state index in [2.05, 4.69) is 0 Å². The molecule has 0 N–H and O–H groups in total. The summed E-state index contributed by atoms with van der Waals surface area (Å²) >= 11 is 5.78. The Morgan fingerprint density at radius 2 is 2.27 bits per heavy atom. The van der Waals surface area contributed by atoms with Gasteiger partial charge in [-0.25, -0.2) is 0 Å². The van der Waals surface area contributed by atoms with Crippen LogP contribution in [0.2, 0.25) is 0 Å². The number of halogens is 1. The zero-order chi connectivity index (χ0) is 8.32. The summed E-state index contributed by atoms with van der Waals surface area (Å²) in [4.78, 5) is -0.930. The minimum atomic E-state index is -0.930. The van der Waals surface area contributed by atoms with Gasteiger partial charge in [0.25, 0.3) is 0 Å². The summed E-state index contributed by atoms with van der Waals surface area (Å²) in [5.74, 6) is 0. The number of alkyl halides is 1. The second-order valence-corrected chi connectivity index (χ2v) is 2.96. The van der Waals surface area contributed by atoms with E-state index in [-0.39, 0.29) is 0 Å². The van der Waals surface area contributed by atoms with Gasteiger partial charge in [0, 0.05) is 12.0 Å². The van der Waals surface area contributed by atoms with Gasteiger partial charge in [0.1, 0.15) is 0 Å². The highest BCUT2D eigenvalue weighted by molar-refractivity contribution is 6.27. The molecule has 0 aliphatic heterocycles. The fourth-order valence-electron chi connectivity index (χ4n) is 0.782. The van der Waals surface area contributed by atoms with E-state index in [1.807, 2.05) is 12.1 Å². The molecule has 11 heavy (non-hydrogen) atoms. The number of hydrogen-bond acceptors (Lipinski definition) is 2. The van der Waals surface area contributed by atoms with E-state index in [9.17, 15) is 0 Å². The molecule has 0 amide bonds. The lowest BCUT2D eigenvalue weighted by atomic mass is 9.98. The van der Waals surface area contributed by atoms with Crippen LogP contribution in [0.25, 0.3) is 0 Å². The molecule has 0 saturated heterocycles. The first kappa shape index (κ1) is 7.85. The monoisotopic (exact) mass is 164 g/mol. The number of nitriles is 2. The van der Waals surface area contributed by atoms with Gasteiger partial charge in [-0.1, -0.05) is 17.7 Å². The van der Waals surface area contributed by atoms with Crippen LogP contribution in [0.3, 0.4) is 0 Å². The Morgan fingerprint density at radius 3 is 2.64 bits per heavy atom. The lowest BCUT2D eigenvalue weighted by Gasteiger charge is -2.14. The molecule has 54 valence electrons. The van der Waals surface area contributed by atoms with Crippen molar-refractivity contribution in [2.75, 3.05) is 0 Å². The standard InChI is InChI=1S/C8H5ClN2/c9-8(6-11)3-1-7(5-10)2-4-8/h1-3H,4H2. The van der Waals surface area contributed by atoms with Crippen LogP contribution in [0.4, 0.5) is 0 Å². The minimum absolute atomic E-state index is 0.407. The van der Waals surface area contributed by atoms with Crippen LogP contribution in [0.1, 0.15) is 6.42 Å². The number of rotatable bonds is 0. The number of allylic oxidation sites excluding steroid dienone is 4. The van der Waals surface area contributed by atoms with Gasteiger partial charge in [0.05, 0.1) is 12.1 Å². The molecule has 2 nitrogen and oxygen atoms in total. The van der Waals surface area contributed by atoms with Crippen LogP contribution in [-0.2, 0) is 0 Å². The molecule has 0 fully saturated rings. The minimum Gasteiger partial charge on any atom is -0.196 e. The molecule has 1 atom stereocenters. The highest BCUT2D eigenvalue weighted by atomic mass is 35.5. The molecule has 0 spiro atoms. The van der Waals surface area contributed by atoms with Gasteiger partial charge in [-0.15, -0.1) is 0 Å². The molecule has 1 aliphatic carbocycles. The van der Waals surface area contributed by atoms with Crippen LogP contribution >= 0.6 is 11.6 Å². The molecule has 0 aromatic heterocycles. The van der Waals surface area contributed by atoms with Crippen molar-refractivity contribution < 1.29 is 0 Å². The Labute approximate surface area is 70.0 Å². The third-order valence-corrected chi connectivity index (χ3v) is 1.83. The van der Waals surface area contributed by atoms with Crippen molar-refractivity contribution in [3.63, 3.8) is 0 Å².